The van der Waals surface area contributed by atoms with Gasteiger partial charge in [-0.3, -0.25) is 0 Å². The van der Waals surface area contributed by atoms with Gasteiger partial charge in [-0.05, 0) is 55.3 Å². The molecule has 4 rings (SSSR count). The van der Waals surface area contributed by atoms with E-state index in [1.165, 1.54) is 12.1 Å². The Morgan fingerprint density at radius 2 is 1.93 bits per heavy atom. The predicted octanol–water partition coefficient (Wildman–Crippen LogP) is 3.54. The van der Waals surface area contributed by atoms with Gasteiger partial charge in [0.2, 0.25) is 5.95 Å². The highest BCUT2D eigenvalue weighted by molar-refractivity contribution is 5.59. The van der Waals surface area contributed by atoms with Crippen molar-refractivity contribution in [1.29, 1.82) is 0 Å². The van der Waals surface area contributed by atoms with Crippen LogP contribution in [0.2, 0.25) is 0 Å². The van der Waals surface area contributed by atoms with Crippen LogP contribution in [0.1, 0.15) is 29.9 Å². The second kappa shape index (κ2) is 6.73. The van der Waals surface area contributed by atoms with E-state index in [2.05, 4.69) is 20.7 Å². The molecular formula is C18H19F3N6. The third-order valence-corrected chi connectivity index (χ3v) is 4.77. The third-order valence-electron chi connectivity index (χ3n) is 4.77. The van der Waals surface area contributed by atoms with Gasteiger partial charge in [-0.15, -0.1) is 5.10 Å². The number of piperidine rings is 1. The fourth-order valence-electron chi connectivity index (χ4n) is 3.37. The average Bonchev–Trinajstić information content (AvgIpc) is 3.06. The molecule has 1 aliphatic rings. The number of fused-ring (bicyclic) bond motifs is 1. The van der Waals surface area contributed by atoms with Crippen LogP contribution in [0.5, 0.6) is 0 Å². The number of aromatic nitrogens is 3. The van der Waals surface area contributed by atoms with E-state index in [-0.39, 0.29) is 5.95 Å². The van der Waals surface area contributed by atoms with Crippen LogP contribution in [0.4, 0.5) is 30.6 Å². The second-order valence-corrected chi connectivity index (χ2v) is 6.62. The number of benzene rings is 1. The molecule has 1 aliphatic heterocycles. The molecule has 2 aromatic heterocycles. The van der Waals surface area contributed by atoms with Crippen LogP contribution in [0.25, 0.3) is 5.65 Å². The summed E-state index contributed by atoms with van der Waals surface area (Å²) in [6.45, 7) is 1.89. The summed E-state index contributed by atoms with van der Waals surface area (Å²) in [5.41, 5.74) is 7.67. The minimum atomic E-state index is -4.36. The molecule has 0 bridgehead atoms. The summed E-state index contributed by atoms with van der Waals surface area (Å²) in [6.07, 6.45) is -2.20. The Bertz CT molecular complexity index is 942. The molecule has 1 atom stereocenters. The number of pyridine rings is 1. The largest absolute Gasteiger partial charge is 0.416 e. The van der Waals surface area contributed by atoms with Crippen LogP contribution in [0, 0.1) is 0 Å². The van der Waals surface area contributed by atoms with E-state index in [1.54, 1.807) is 4.52 Å². The van der Waals surface area contributed by atoms with Gasteiger partial charge in [-0.1, -0.05) is 6.07 Å². The maximum absolute atomic E-state index is 12.7. The number of nitrogens with one attached hydrogen (secondary N) is 2. The molecule has 1 fully saturated rings. The zero-order valence-corrected chi connectivity index (χ0v) is 14.4. The van der Waals surface area contributed by atoms with Crippen LogP contribution in [0.15, 0.2) is 36.4 Å². The number of alkyl halides is 3. The summed E-state index contributed by atoms with van der Waals surface area (Å²) in [4.78, 5) is 4.35. The quantitative estimate of drug-likeness (QED) is 0.652. The zero-order chi connectivity index (χ0) is 19.0. The van der Waals surface area contributed by atoms with Gasteiger partial charge >= 0.3 is 6.18 Å². The molecule has 1 aromatic carbocycles. The number of hydrogen-bond donors (Lipinski definition) is 3. The lowest BCUT2D eigenvalue weighted by molar-refractivity contribution is -0.137. The minimum absolute atomic E-state index is 0.278. The topological polar surface area (TPSA) is 80.3 Å². The molecule has 27 heavy (non-hydrogen) atoms. The van der Waals surface area contributed by atoms with Gasteiger partial charge in [0.1, 0.15) is 5.82 Å². The van der Waals surface area contributed by atoms with Crippen molar-refractivity contribution < 1.29 is 13.2 Å². The monoisotopic (exact) mass is 376 g/mol. The lowest BCUT2D eigenvalue weighted by Gasteiger charge is -2.24. The van der Waals surface area contributed by atoms with Gasteiger partial charge in [0.15, 0.2) is 5.65 Å². The van der Waals surface area contributed by atoms with Crippen molar-refractivity contribution in [1.82, 2.24) is 19.9 Å². The lowest BCUT2D eigenvalue weighted by atomic mass is 9.92. The van der Waals surface area contributed by atoms with Crippen molar-refractivity contribution in [3.63, 3.8) is 0 Å². The van der Waals surface area contributed by atoms with Crippen LogP contribution in [-0.4, -0.2) is 27.7 Å². The van der Waals surface area contributed by atoms with E-state index in [1.807, 2.05) is 12.1 Å². The van der Waals surface area contributed by atoms with Gasteiger partial charge in [-0.25, -0.2) is 0 Å². The average molecular weight is 376 g/mol. The smallest absolute Gasteiger partial charge is 0.383 e. The molecule has 1 saturated heterocycles. The third kappa shape index (κ3) is 3.55. The fourth-order valence-corrected chi connectivity index (χ4v) is 3.37. The molecule has 9 heteroatoms. The van der Waals surface area contributed by atoms with Crippen LogP contribution in [0.3, 0.4) is 0 Å². The number of rotatable bonds is 3. The number of nitrogen functional groups attached to an aromatic ring is 1. The summed E-state index contributed by atoms with van der Waals surface area (Å²) in [6, 6.07) is 8.54. The zero-order valence-electron chi connectivity index (χ0n) is 14.4. The Morgan fingerprint density at radius 3 is 2.59 bits per heavy atom. The molecule has 6 nitrogen and oxygen atoms in total. The van der Waals surface area contributed by atoms with Crippen LogP contribution in [-0.2, 0) is 6.18 Å². The maximum Gasteiger partial charge on any atom is 0.416 e. The van der Waals surface area contributed by atoms with Crippen LogP contribution >= 0.6 is 0 Å². The number of halogens is 3. The summed E-state index contributed by atoms with van der Waals surface area (Å²) in [5, 5.41) is 10.6. The first kappa shape index (κ1) is 17.6. The molecule has 3 heterocycles. The Balaban J connectivity index is 1.59. The van der Waals surface area contributed by atoms with Gasteiger partial charge in [-0.2, -0.15) is 22.7 Å². The molecule has 4 N–H and O–H groups in total. The molecule has 0 aliphatic carbocycles. The lowest BCUT2D eigenvalue weighted by Crippen LogP contribution is -2.29. The van der Waals surface area contributed by atoms with Gasteiger partial charge in [0, 0.05) is 18.2 Å². The van der Waals surface area contributed by atoms with E-state index in [0.29, 0.717) is 23.1 Å². The van der Waals surface area contributed by atoms with E-state index < -0.39 is 11.7 Å². The van der Waals surface area contributed by atoms with E-state index in [0.717, 1.165) is 43.6 Å². The van der Waals surface area contributed by atoms with E-state index in [4.69, 9.17) is 5.73 Å². The first-order valence-electron chi connectivity index (χ1n) is 8.72. The number of nitrogens with zero attached hydrogens (tertiary/aromatic N) is 3. The second-order valence-electron chi connectivity index (χ2n) is 6.62. The number of nitrogens with two attached hydrogens (primary N) is 1. The number of anilines is 3. The molecule has 3 aromatic rings. The highest BCUT2D eigenvalue weighted by Crippen LogP contribution is 2.31. The summed E-state index contributed by atoms with van der Waals surface area (Å²) < 4.78 is 39.5. The summed E-state index contributed by atoms with van der Waals surface area (Å²) in [7, 11) is 0. The molecule has 0 spiro atoms. The standard InChI is InChI=1S/C18H19F3N6/c19-18(20,21)12-3-5-13(6-4-12)24-17-25-15-8-7-14(16(22)27(15)26-17)11-2-1-9-23-10-11/h3-8,11,23H,1-2,9-10,22H2,(H,24,26). The van der Waals surface area contributed by atoms with Crippen molar-refractivity contribution >= 4 is 23.1 Å². The highest BCUT2D eigenvalue weighted by atomic mass is 19.4. The maximum atomic E-state index is 12.7. The Kier molecular flexibility index (Phi) is 4.39. The van der Waals surface area contributed by atoms with E-state index >= 15 is 0 Å². The van der Waals surface area contributed by atoms with Crippen molar-refractivity contribution in [2.75, 3.05) is 24.1 Å². The normalized spacial score (nSPS) is 18.0. The Hall–Kier alpha value is -2.81. The number of hydrogen-bond acceptors (Lipinski definition) is 5. The molecular weight excluding hydrogens is 357 g/mol. The molecule has 142 valence electrons. The molecule has 0 saturated carbocycles. The Morgan fingerprint density at radius 1 is 1.15 bits per heavy atom. The van der Waals surface area contributed by atoms with Crippen molar-refractivity contribution in [3.8, 4) is 0 Å². The van der Waals surface area contributed by atoms with Gasteiger partial charge in [0.25, 0.3) is 0 Å². The summed E-state index contributed by atoms with van der Waals surface area (Å²) in [5.74, 6) is 1.15. The van der Waals surface area contributed by atoms with Crippen molar-refractivity contribution in [2.45, 2.75) is 24.9 Å². The predicted molar refractivity (Wildman–Crippen MR) is 97.0 cm³/mol. The molecule has 1 unspecified atom stereocenters. The first-order chi connectivity index (χ1) is 12.9. The summed E-state index contributed by atoms with van der Waals surface area (Å²) >= 11 is 0. The fraction of sp³-hybridized carbons (Fsp3) is 0.333. The Labute approximate surface area is 153 Å². The SMILES string of the molecule is Nc1c(C2CCCNC2)ccc2nc(Nc3ccc(C(F)(F)F)cc3)nn12. The van der Waals surface area contributed by atoms with Gasteiger partial charge in [0.05, 0.1) is 5.56 Å². The molecule has 0 radical (unpaired) electrons. The van der Waals surface area contributed by atoms with Crippen LogP contribution < -0.4 is 16.4 Å². The minimum Gasteiger partial charge on any atom is -0.383 e. The van der Waals surface area contributed by atoms with Gasteiger partial charge < -0.3 is 16.4 Å². The van der Waals surface area contributed by atoms with E-state index in [9.17, 15) is 13.2 Å². The first-order valence-corrected chi connectivity index (χ1v) is 8.72. The van der Waals surface area contributed by atoms with Crippen molar-refractivity contribution in [3.05, 3.63) is 47.5 Å². The highest BCUT2D eigenvalue weighted by Gasteiger charge is 2.30. The molecule has 0 amide bonds. The van der Waals surface area contributed by atoms with Crippen molar-refractivity contribution in [2.24, 2.45) is 0 Å².